The maximum atomic E-state index is 12.7. The van der Waals surface area contributed by atoms with Crippen LogP contribution in [-0.4, -0.2) is 89.6 Å². The molecular weight excluding hydrogens is 781 g/mol. The van der Waals surface area contributed by atoms with Gasteiger partial charge in [-0.2, -0.15) is 0 Å². The van der Waals surface area contributed by atoms with E-state index in [1.807, 2.05) is 6.08 Å². The summed E-state index contributed by atoms with van der Waals surface area (Å²) in [5, 5.41) is 40.1. The standard InChI is InChI=1S/C53H86O9/c1-3-5-7-9-11-13-15-17-19-20-21-22-23-24-25-26-27-29-31-33-35-37-39-41-43-59-45-47(46-60-53-52(58)51(57)50(56)48(44-54)62-53)61-49(55)42-40-38-36-34-32-30-28-18-16-14-12-10-8-6-4-2/h5-8,11-14,17-19,21-22,28,32,34,38,40,47-48,50-54,56-58H,3-4,9-10,15-16,20,23-27,29-31,33,35-37,39,41-46H2,1-2H3/b7-5-,8-6-,13-11-,14-12-,19-17-,22-21-,28-18-,34-32-,40-38-. The van der Waals surface area contributed by atoms with E-state index in [9.17, 15) is 25.2 Å². The number of aliphatic hydroxyl groups excluding tert-OH is 4. The minimum atomic E-state index is -1.56. The van der Waals surface area contributed by atoms with Crippen molar-refractivity contribution in [3.05, 3.63) is 109 Å². The van der Waals surface area contributed by atoms with Crippen LogP contribution in [0.25, 0.3) is 0 Å². The first kappa shape index (κ1) is 56.9. The number of ether oxygens (including phenoxy) is 4. The number of hydrogen-bond acceptors (Lipinski definition) is 9. The van der Waals surface area contributed by atoms with Gasteiger partial charge in [-0.1, -0.05) is 181 Å². The van der Waals surface area contributed by atoms with Crippen molar-refractivity contribution in [3.63, 3.8) is 0 Å². The molecule has 9 heteroatoms. The van der Waals surface area contributed by atoms with Crippen LogP contribution >= 0.6 is 0 Å². The van der Waals surface area contributed by atoms with E-state index in [0.29, 0.717) is 13.0 Å². The number of esters is 1. The van der Waals surface area contributed by atoms with Gasteiger partial charge in [-0.3, -0.25) is 4.79 Å². The van der Waals surface area contributed by atoms with Gasteiger partial charge in [0, 0.05) is 6.61 Å². The Hall–Kier alpha value is -3.15. The quantitative estimate of drug-likeness (QED) is 0.0271. The fourth-order valence-corrected chi connectivity index (χ4v) is 6.56. The Morgan fingerprint density at radius 3 is 1.40 bits per heavy atom. The number of carbonyl (C=O) groups excluding carboxylic acids is 1. The molecule has 0 aromatic rings. The molecule has 6 unspecified atom stereocenters. The molecule has 1 heterocycles. The lowest BCUT2D eigenvalue weighted by Gasteiger charge is -2.39. The van der Waals surface area contributed by atoms with Gasteiger partial charge in [-0.05, 0) is 77.0 Å². The molecule has 62 heavy (non-hydrogen) atoms. The Balaban J connectivity index is 2.26. The van der Waals surface area contributed by atoms with Crippen LogP contribution in [-0.2, 0) is 23.7 Å². The predicted octanol–water partition coefficient (Wildman–Crippen LogP) is 11.4. The fraction of sp³-hybridized carbons (Fsp3) is 0.642. The van der Waals surface area contributed by atoms with Crippen molar-refractivity contribution < 1.29 is 44.2 Å². The molecule has 1 saturated heterocycles. The zero-order valence-corrected chi connectivity index (χ0v) is 38.6. The molecule has 0 aliphatic carbocycles. The van der Waals surface area contributed by atoms with Crippen molar-refractivity contribution in [1.29, 1.82) is 0 Å². The summed E-state index contributed by atoms with van der Waals surface area (Å²) in [5.74, 6) is -0.445. The highest BCUT2D eigenvalue weighted by Gasteiger charge is 2.44. The first-order valence-corrected chi connectivity index (χ1v) is 24.0. The monoisotopic (exact) mass is 867 g/mol. The van der Waals surface area contributed by atoms with Crippen LogP contribution in [0.4, 0.5) is 0 Å². The van der Waals surface area contributed by atoms with Crippen LogP contribution in [0.1, 0.15) is 155 Å². The van der Waals surface area contributed by atoms with Gasteiger partial charge in [0.05, 0.1) is 26.2 Å². The third kappa shape index (κ3) is 33.4. The van der Waals surface area contributed by atoms with Crippen LogP contribution in [0, 0.1) is 0 Å². The summed E-state index contributed by atoms with van der Waals surface area (Å²) in [5.41, 5.74) is 0. The molecule has 1 aliphatic rings. The summed E-state index contributed by atoms with van der Waals surface area (Å²) in [6, 6.07) is 0. The van der Waals surface area contributed by atoms with Gasteiger partial charge < -0.3 is 39.4 Å². The highest BCUT2D eigenvalue weighted by Crippen LogP contribution is 2.22. The summed E-state index contributed by atoms with van der Waals surface area (Å²) in [6.45, 7) is 4.18. The van der Waals surface area contributed by atoms with Crippen LogP contribution in [0.15, 0.2) is 109 Å². The Kier molecular flexibility index (Phi) is 39.5. The van der Waals surface area contributed by atoms with Gasteiger partial charge >= 0.3 is 5.97 Å². The normalized spacial score (nSPS) is 20.8. The first-order chi connectivity index (χ1) is 30.4. The number of aliphatic hydroxyl groups is 4. The molecule has 1 aliphatic heterocycles. The summed E-state index contributed by atoms with van der Waals surface area (Å²) in [7, 11) is 0. The molecule has 9 nitrogen and oxygen atoms in total. The third-order valence-corrected chi connectivity index (χ3v) is 10.2. The Morgan fingerprint density at radius 1 is 0.516 bits per heavy atom. The van der Waals surface area contributed by atoms with E-state index in [1.54, 1.807) is 6.08 Å². The van der Waals surface area contributed by atoms with Gasteiger partial charge in [0.25, 0.3) is 0 Å². The number of carbonyl (C=O) groups is 1. The lowest BCUT2D eigenvalue weighted by atomic mass is 9.99. The maximum absolute atomic E-state index is 12.7. The molecule has 4 N–H and O–H groups in total. The molecule has 0 saturated carbocycles. The smallest absolute Gasteiger partial charge is 0.310 e. The average Bonchev–Trinajstić information content (AvgIpc) is 3.27. The van der Waals surface area contributed by atoms with E-state index in [0.717, 1.165) is 70.6 Å². The molecule has 1 rings (SSSR count). The zero-order valence-electron chi connectivity index (χ0n) is 38.6. The summed E-state index contributed by atoms with van der Waals surface area (Å²) >= 11 is 0. The molecule has 0 aromatic heterocycles. The summed E-state index contributed by atoms with van der Waals surface area (Å²) < 4.78 is 22.7. The van der Waals surface area contributed by atoms with E-state index in [2.05, 4.69) is 111 Å². The second-order valence-corrected chi connectivity index (χ2v) is 15.8. The topological polar surface area (TPSA) is 135 Å². The third-order valence-electron chi connectivity index (χ3n) is 10.2. The number of hydrogen-bond donors (Lipinski definition) is 4. The first-order valence-electron chi connectivity index (χ1n) is 24.0. The van der Waals surface area contributed by atoms with Crippen LogP contribution in [0.2, 0.25) is 0 Å². The van der Waals surface area contributed by atoms with Gasteiger partial charge in [0.2, 0.25) is 0 Å². The highest BCUT2D eigenvalue weighted by atomic mass is 16.7. The molecule has 0 radical (unpaired) electrons. The maximum Gasteiger partial charge on any atom is 0.310 e. The van der Waals surface area contributed by atoms with Gasteiger partial charge in [0.1, 0.15) is 30.5 Å². The van der Waals surface area contributed by atoms with E-state index in [1.165, 1.54) is 57.8 Å². The predicted molar refractivity (Wildman–Crippen MR) is 256 cm³/mol. The minimum absolute atomic E-state index is 0.0801. The van der Waals surface area contributed by atoms with Crippen molar-refractivity contribution in [3.8, 4) is 0 Å². The van der Waals surface area contributed by atoms with Gasteiger partial charge in [-0.25, -0.2) is 0 Å². The van der Waals surface area contributed by atoms with Crippen LogP contribution in [0.3, 0.4) is 0 Å². The second kappa shape index (κ2) is 43.1. The molecule has 1 fully saturated rings. The van der Waals surface area contributed by atoms with Crippen LogP contribution < -0.4 is 0 Å². The molecule has 6 atom stereocenters. The Labute approximate surface area is 376 Å². The van der Waals surface area contributed by atoms with E-state index < -0.39 is 49.4 Å². The van der Waals surface area contributed by atoms with E-state index in [-0.39, 0.29) is 19.6 Å². The average molecular weight is 867 g/mol. The van der Waals surface area contributed by atoms with E-state index >= 15 is 0 Å². The summed E-state index contributed by atoms with van der Waals surface area (Å²) in [4.78, 5) is 12.7. The number of unbranched alkanes of at least 4 members (excludes halogenated alkanes) is 11. The van der Waals surface area contributed by atoms with Gasteiger partial charge in [0.15, 0.2) is 6.29 Å². The molecule has 0 amide bonds. The Bertz CT molecular complexity index is 1310. The minimum Gasteiger partial charge on any atom is -0.457 e. The fourth-order valence-electron chi connectivity index (χ4n) is 6.56. The lowest BCUT2D eigenvalue weighted by molar-refractivity contribution is -0.305. The molecule has 0 spiro atoms. The molecule has 352 valence electrons. The highest BCUT2D eigenvalue weighted by molar-refractivity contribution is 5.71. The van der Waals surface area contributed by atoms with Crippen molar-refractivity contribution in [2.24, 2.45) is 0 Å². The Morgan fingerprint density at radius 2 is 0.935 bits per heavy atom. The largest absolute Gasteiger partial charge is 0.457 e. The molecular formula is C53H86O9. The molecule has 0 bridgehead atoms. The second-order valence-electron chi connectivity index (χ2n) is 15.8. The lowest BCUT2D eigenvalue weighted by Crippen LogP contribution is -2.59. The summed E-state index contributed by atoms with van der Waals surface area (Å²) in [6.07, 6.45) is 54.3. The van der Waals surface area contributed by atoms with Crippen LogP contribution in [0.5, 0.6) is 0 Å². The SMILES string of the molecule is CC/C=C\C/C=C\C/C=C\C/C=C\C/C=C\CC(=O)OC(COCCCCCCCCCCCCC/C=C\C/C=C\C/C=C\C/C=C\CC)COC1OC(CO)C(O)C(O)C1O. The van der Waals surface area contributed by atoms with Gasteiger partial charge in [-0.15, -0.1) is 0 Å². The van der Waals surface area contributed by atoms with Crippen molar-refractivity contribution in [2.75, 3.05) is 26.4 Å². The van der Waals surface area contributed by atoms with Crippen molar-refractivity contribution in [2.45, 2.75) is 192 Å². The van der Waals surface area contributed by atoms with Crippen molar-refractivity contribution >= 4 is 5.97 Å². The number of allylic oxidation sites excluding steroid dienone is 17. The number of rotatable bonds is 39. The van der Waals surface area contributed by atoms with E-state index in [4.69, 9.17) is 18.9 Å². The molecule has 0 aromatic carbocycles. The zero-order chi connectivity index (χ0) is 45.0. The van der Waals surface area contributed by atoms with Crippen molar-refractivity contribution in [1.82, 2.24) is 0 Å².